The molecule has 3 aromatic rings. The Hall–Kier alpha value is -2.38. The van der Waals surface area contributed by atoms with Crippen molar-refractivity contribution in [1.29, 1.82) is 0 Å². The van der Waals surface area contributed by atoms with E-state index in [2.05, 4.69) is 26.2 Å². The van der Waals surface area contributed by atoms with Crippen molar-refractivity contribution in [2.75, 3.05) is 12.1 Å². The first-order chi connectivity index (χ1) is 12.2. The van der Waals surface area contributed by atoms with E-state index in [-0.39, 0.29) is 12.7 Å². The molecule has 1 aliphatic rings. The van der Waals surface area contributed by atoms with Crippen LogP contribution in [0.15, 0.2) is 52.3 Å². The molecule has 25 heavy (non-hydrogen) atoms. The first-order valence-corrected chi connectivity index (χ1v) is 9.25. The van der Waals surface area contributed by atoms with Gasteiger partial charge in [-0.3, -0.25) is 4.79 Å². The number of benzene rings is 2. The largest absolute Gasteiger partial charge is 0.454 e. The van der Waals surface area contributed by atoms with Crippen LogP contribution in [0.4, 0.5) is 5.13 Å². The number of fused-ring (bicyclic) bond motifs is 1. The third-order valence-electron chi connectivity index (χ3n) is 3.73. The molecule has 0 spiro atoms. The zero-order valence-electron chi connectivity index (χ0n) is 13.0. The maximum Gasteiger partial charge on any atom is 0.231 e. The number of thiazole rings is 1. The van der Waals surface area contributed by atoms with Gasteiger partial charge in [0.25, 0.3) is 0 Å². The second-order valence-electron chi connectivity index (χ2n) is 5.42. The summed E-state index contributed by atoms with van der Waals surface area (Å²) in [5.74, 6) is 1.35. The minimum absolute atomic E-state index is 0.0986. The zero-order valence-corrected chi connectivity index (χ0v) is 15.4. The molecule has 2 heterocycles. The molecule has 1 amide bonds. The van der Waals surface area contributed by atoms with Crippen LogP contribution in [-0.2, 0) is 11.2 Å². The van der Waals surface area contributed by atoms with Gasteiger partial charge >= 0.3 is 0 Å². The number of nitrogens with zero attached hydrogens (tertiary/aromatic N) is 1. The Kier molecular flexibility index (Phi) is 4.42. The second kappa shape index (κ2) is 6.85. The third-order valence-corrected chi connectivity index (χ3v) is 5.26. The fourth-order valence-corrected chi connectivity index (χ4v) is 3.66. The number of carbonyl (C=O) groups excluding carboxylic acids is 1. The lowest BCUT2D eigenvalue weighted by atomic mass is 10.1. The Morgan fingerprint density at radius 1 is 1.20 bits per heavy atom. The lowest BCUT2D eigenvalue weighted by Crippen LogP contribution is -2.14. The van der Waals surface area contributed by atoms with Gasteiger partial charge in [0.1, 0.15) is 0 Å². The highest BCUT2D eigenvalue weighted by Crippen LogP contribution is 2.36. The van der Waals surface area contributed by atoms with Gasteiger partial charge in [-0.25, -0.2) is 4.98 Å². The van der Waals surface area contributed by atoms with E-state index in [4.69, 9.17) is 9.47 Å². The molecule has 0 saturated carbocycles. The van der Waals surface area contributed by atoms with Crippen LogP contribution in [0, 0.1) is 0 Å². The molecule has 0 aliphatic carbocycles. The van der Waals surface area contributed by atoms with Crippen LogP contribution in [-0.4, -0.2) is 17.7 Å². The normalized spacial score (nSPS) is 12.2. The maximum absolute atomic E-state index is 12.2. The van der Waals surface area contributed by atoms with Gasteiger partial charge in [0, 0.05) is 15.4 Å². The summed E-state index contributed by atoms with van der Waals surface area (Å²) in [5, 5.41) is 5.33. The first-order valence-electron chi connectivity index (χ1n) is 7.58. The number of ether oxygens (including phenoxy) is 2. The Labute approximate surface area is 156 Å². The van der Waals surface area contributed by atoms with E-state index in [1.165, 1.54) is 11.3 Å². The fraction of sp³-hybridized carbons (Fsp3) is 0.111. The number of amides is 1. The lowest BCUT2D eigenvalue weighted by Gasteiger charge is -2.04. The second-order valence-corrected chi connectivity index (χ2v) is 7.13. The molecule has 5 nitrogen and oxygen atoms in total. The van der Waals surface area contributed by atoms with Crippen LogP contribution in [0.25, 0.3) is 11.3 Å². The van der Waals surface area contributed by atoms with Gasteiger partial charge in [0.2, 0.25) is 12.7 Å². The van der Waals surface area contributed by atoms with Crippen LogP contribution in [0.3, 0.4) is 0 Å². The van der Waals surface area contributed by atoms with E-state index in [1.54, 1.807) is 0 Å². The molecule has 2 aromatic carbocycles. The number of anilines is 1. The summed E-state index contributed by atoms with van der Waals surface area (Å²) in [4.78, 5) is 16.7. The summed E-state index contributed by atoms with van der Waals surface area (Å²) < 4.78 is 11.6. The maximum atomic E-state index is 12.2. The Morgan fingerprint density at radius 2 is 2.04 bits per heavy atom. The summed E-state index contributed by atoms with van der Waals surface area (Å²) in [6.45, 7) is 0.242. The number of halogens is 1. The first kappa shape index (κ1) is 16.1. The third kappa shape index (κ3) is 3.52. The SMILES string of the molecule is O=C(Cc1ccccc1Br)Nc1nc(-c2ccc3c(c2)OCO3)cs1. The smallest absolute Gasteiger partial charge is 0.231 e. The van der Waals surface area contributed by atoms with Crippen molar-refractivity contribution in [3.63, 3.8) is 0 Å². The van der Waals surface area contributed by atoms with Crippen LogP contribution in [0.5, 0.6) is 11.5 Å². The molecule has 0 saturated heterocycles. The minimum Gasteiger partial charge on any atom is -0.454 e. The summed E-state index contributed by atoms with van der Waals surface area (Å²) >= 11 is 4.85. The van der Waals surface area contributed by atoms with Crippen molar-refractivity contribution in [2.45, 2.75) is 6.42 Å². The molecule has 0 fully saturated rings. The number of aromatic nitrogens is 1. The molecule has 4 rings (SSSR count). The molecule has 0 atom stereocenters. The van der Waals surface area contributed by atoms with Crippen molar-refractivity contribution < 1.29 is 14.3 Å². The standard InChI is InChI=1S/C18H13BrN2O3S/c19-13-4-2-1-3-11(13)8-17(22)21-18-20-14(9-25-18)12-5-6-15-16(7-12)24-10-23-15/h1-7,9H,8,10H2,(H,20,21,22). The average molecular weight is 417 g/mol. The van der Waals surface area contributed by atoms with E-state index in [9.17, 15) is 4.79 Å². The summed E-state index contributed by atoms with van der Waals surface area (Å²) in [6.07, 6.45) is 0.292. The molecular weight excluding hydrogens is 404 g/mol. The van der Waals surface area contributed by atoms with Gasteiger partial charge in [0.05, 0.1) is 12.1 Å². The molecular formula is C18H13BrN2O3S. The monoisotopic (exact) mass is 416 g/mol. The van der Waals surface area contributed by atoms with E-state index in [1.807, 2.05) is 47.8 Å². The number of hydrogen-bond donors (Lipinski definition) is 1. The molecule has 0 radical (unpaired) electrons. The fourth-order valence-electron chi connectivity index (χ4n) is 2.50. The molecule has 0 bridgehead atoms. The highest BCUT2D eigenvalue weighted by atomic mass is 79.9. The lowest BCUT2D eigenvalue weighted by molar-refractivity contribution is -0.115. The summed E-state index contributed by atoms with van der Waals surface area (Å²) in [7, 11) is 0. The van der Waals surface area contributed by atoms with Crippen LogP contribution in [0.1, 0.15) is 5.56 Å². The van der Waals surface area contributed by atoms with Crippen LogP contribution >= 0.6 is 27.3 Å². The highest BCUT2D eigenvalue weighted by Gasteiger charge is 2.15. The molecule has 0 unspecified atom stereocenters. The minimum atomic E-state index is -0.0986. The van der Waals surface area contributed by atoms with Crippen molar-refractivity contribution in [3.05, 3.63) is 57.9 Å². The van der Waals surface area contributed by atoms with E-state index in [0.29, 0.717) is 17.3 Å². The number of carbonyl (C=O) groups is 1. The van der Waals surface area contributed by atoms with Crippen molar-refractivity contribution in [3.8, 4) is 22.8 Å². The Balaban J connectivity index is 1.46. The van der Waals surface area contributed by atoms with Crippen LogP contribution in [0.2, 0.25) is 0 Å². The topological polar surface area (TPSA) is 60.5 Å². The van der Waals surface area contributed by atoms with Gasteiger partial charge in [-0.1, -0.05) is 34.1 Å². The van der Waals surface area contributed by atoms with Crippen molar-refractivity contribution in [1.82, 2.24) is 4.98 Å². The zero-order chi connectivity index (χ0) is 17.2. The van der Waals surface area contributed by atoms with Gasteiger partial charge in [-0.15, -0.1) is 11.3 Å². The highest BCUT2D eigenvalue weighted by molar-refractivity contribution is 9.10. The number of nitrogens with one attached hydrogen (secondary N) is 1. The Morgan fingerprint density at radius 3 is 2.92 bits per heavy atom. The molecule has 1 aromatic heterocycles. The molecule has 1 N–H and O–H groups in total. The van der Waals surface area contributed by atoms with Gasteiger partial charge in [-0.2, -0.15) is 0 Å². The molecule has 126 valence electrons. The van der Waals surface area contributed by atoms with Crippen molar-refractivity contribution in [2.24, 2.45) is 0 Å². The Bertz CT molecular complexity index is 942. The molecule has 1 aliphatic heterocycles. The van der Waals surface area contributed by atoms with Gasteiger partial charge < -0.3 is 14.8 Å². The van der Waals surface area contributed by atoms with Gasteiger partial charge in [0.15, 0.2) is 16.6 Å². The van der Waals surface area contributed by atoms with E-state index >= 15 is 0 Å². The summed E-state index contributed by atoms with van der Waals surface area (Å²) in [5.41, 5.74) is 2.65. The number of rotatable bonds is 4. The predicted octanol–water partition coefficient (Wildman–Crippen LogP) is 4.48. The van der Waals surface area contributed by atoms with Gasteiger partial charge in [-0.05, 0) is 29.8 Å². The van der Waals surface area contributed by atoms with E-state index in [0.717, 1.165) is 27.0 Å². The average Bonchev–Trinajstić information content (AvgIpc) is 3.25. The van der Waals surface area contributed by atoms with E-state index < -0.39 is 0 Å². The molecule has 7 heteroatoms. The quantitative estimate of drug-likeness (QED) is 0.680. The van der Waals surface area contributed by atoms with Crippen LogP contribution < -0.4 is 14.8 Å². The number of hydrogen-bond acceptors (Lipinski definition) is 5. The predicted molar refractivity (Wildman–Crippen MR) is 100 cm³/mol. The summed E-state index contributed by atoms with van der Waals surface area (Å²) in [6, 6.07) is 13.4. The van der Waals surface area contributed by atoms with Crippen molar-refractivity contribution >= 4 is 38.3 Å².